The van der Waals surface area contributed by atoms with E-state index in [0.29, 0.717) is 11.1 Å². The van der Waals surface area contributed by atoms with Gasteiger partial charge in [0.15, 0.2) is 0 Å². The first-order chi connectivity index (χ1) is 11.8. The van der Waals surface area contributed by atoms with E-state index < -0.39 is 28.9 Å². The first kappa shape index (κ1) is 17.1. The molecule has 4 nitrogen and oxygen atoms in total. The smallest absolute Gasteiger partial charge is 0.293 e. The molecule has 0 bridgehead atoms. The second-order valence-corrected chi connectivity index (χ2v) is 6.03. The fourth-order valence-electron chi connectivity index (χ4n) is 2.62. The summed E-state index contributed by atoms with van der Waals surface area (Å²) in [6.07, 6.45) is 1.29. The molecule has 0 aliphatic heterocycles. The second-order valence-electron chi connectivity index (χ2n) is 5.60. The molecule has 2 aromatic carbocycles. The van der Waals surface area contributed by atoms with E-state index in [1.54, 1.807) is 31.2 Å². The van der Waals surface area contributed by atoms with Crippen LogP contribution in [0, 0.1) is 11.6 Å². The molecular formula is C18H13ClF2N2O2. The lowest BCUT2D eigenvalue weighted by Gasteiger charge is -2.16. The number of aromatic nitrogens is 2. The monoisotopic (exact) mass is 362 g/mol. The highest BCUT2D eigenvalue weighted by Gasteiger charge is 2.15. The number of hydrogen-bond donors (Lipinski definition) is 1. The molecule has 3 aromatic rings. The Labute approximate surface area is 146 Å². The van der Waals surface area contributed by atoms with Crippen LogP contribution in [0.3, 0.4) is 0 Å². The Morgan fingerprint density at radius 3 is 2.40 bits per heavy atom. The maximum atomic E-state index is 13.5. The topological polar surface area (TPSA) is 54.9 Å². The predicted octanol–water partition coefficient (Wildman–Crippen LogP) is 3.74. The summed E-state index contributed by atoms with van der Waals surface area (Å²) in [6.45, 7) is 1.75. The predicted molar refractivity (Wildman–Crippen MR) is 91.9 cm³/mol. The largest absolute Gasteiger partial charge is 0.328 e. The minimum atomic E-state index is -0.810. The molecule has 0 fully saturated rings. The minimum absolute atomic E-state index is 0.00752. The van der Waals surface area contributed by atoms with Crippen LogP contribution in [0.15, 0.2) is 58.3 Å². The van der Waals surface area contributed by atoms with Gasteiger partial charge < -0.3 is 0 Å². The number of nitrogens with zero attached hydrogens (tertiary/aromatic N) is 1. The molecule has 0 saturated heterocycles. The molecule has 1 N–H and O–H groups in total. The average molecular weight is 363 g/mol. The lowest BCUT2D eigenvalue weighted by atomic mass is 10.1. The van der Waals surface area contributed by atoms with Gasteiger partial charge in [0.25, 0.3) is 5.56 Å². The van der Waals surface area contributed by atoms with Crippen LogP contribution in [0.2, 0.25) is 5.02 Å². The molecule has 128 valence electrons. The van der Waals surface area contributed by atoms with Gasteiger partial charge in [-0.2, -0.15) is 0 Å². The van der Waals surface area contributed by atoms with Crippen molar-refractivity contribution in [3.05, 3.63) is 91.7 Å². The van der Waals surface area contributed by atoms with Crippen molar-refractivity contribution in [2.24, 2.45) is 0 Å². The Kier molecular flexibility index (Phi) is 4.55. The van der Waals surface area contributed by atoms with Crippen LogP contribution >= 0.6 is 11.6 Å². The molecule has 0 aliphatic rings. The van der Waals surface area contributed by atoms with Gasteiger partial charge in [-0.1, -0.05) is 23.7 Å². The molecular weight excluding hydrogens is 350 g/mol. The number of halogens is 3. The van der Waals surface area contributed by atoms with E-state index in [2.05, 4.69) is 4.98 Å². The summed E-state index contributed by atoms with van der Waals surface area (Å²) in [7, 11) is 0. The molecule has 0 saturated carbocycles. The lowest BCUT2D eigenvalue weighted by molar-refractivity contribution is 0.583. The van der Waals surface area contributed by atoms with Gasteiger partial charge in [-0.25, -0.2) is 13.6 Å². The maximum absolute atomic E-state index is 13.5. The first-order valence-corrected chi connectivity index (χ1v) is 7.80. The van der Waals surface area contributed by atoms with Crippen molar-refractivity contribution in [2.75, 3.05) is 0 Å². The molecule has 0 amide bonds. The molecule has 0 radical (unpaired) electrons. The van der Waals surface area contributed by atoms with E-state index in [9.17, 15) is 18.4 Å². The highest BCUT2D eigenvalue weighted by molar-refractivity contribution is 6.30. The molecule has 0 aliphatic carbocycles. The van der Waals surface area contributed by atoms with Crippen LogP contribution in [-0.2, 0) is 0 Å². The molecule has 25 heavy (non-hydrogen) atoms. The quantitative estimate of drug-likeness (QED) is 0.771. The Balaban J connectivity index is 2.16. The summed E-state index contributed by atoms with van der Waals surface area (Å²) >= 11 is 5.97. The Morgan fingerprint density at radius 2 is 1.76 bits per heavy atom. The van der Waals surface area contributed by atoms with Gasteiger partial charge in [-0.3, -0.25) is 14.3 Å². The van der Waals surface area contributed by atoms with Crippen LogP contribution in [0.25, 0.3) is 11.1 Å². The summed E-state index contributed by atoms with van der Waals surface area (Å²) in [5, 5.41) is 0.509. The van der Waals surface area contributed by atoms with E-state index >= 15 is 0 Å². The van der Waals surface area contributed by atoms with Crippen LogP contribution < -0.4 is 11.2 Å². The third kappa shape index (κ3) is 3.53. The van der Waals surface area contributed by atoms with Gasteiger partial charge in [0.1, 0.15) is 11.6 Å². The minimum Gasteiger partial charge on any atom is -0.293 e. The summed E-state index contributed by atoms with van der Waals surface area (Å²) in [6, 6.07) is 9.27. The zero-order valence-corrected chi connectivity index (χ0v) is 13.8. The number of rotatable bonds is 3. The van der Waals surface area contributed by atoms with Crippen molar-refractivity contribution in [2.45, 2.75) is 13.0 Å². The van der Waals surface area contributed by atoms with Crippen LogP contribution in [0.4, 0.5) is 8.78 Å². The van der Waals surface area contributed by atoms with Gasteiger partial charge in [0, 0.05) is 17.3 Å². The molecule has 3 rings (SSSR count). The third-order valence-electron chi connectivity index (χ3n) is 3.89. The highest BCUT2D eigenvalue weighted by atomic mass is 35.5. The molecule has 7 heteroatoms. The van der Waals surface area contributed by atoms with E-state index in [1.807, 2.05) is 0 Å². The van der Waals surface area contributed by atoms with Crippen molar-refractivity contribution < 1.29 is 8.78 Å². The van der Waals surface area contributed by atoms with Crippen molar-refractivity contribution >= 4 is 11.6 Å². The third-order valence-corrected chi connectivity index (χ3v) is 4.12. The van der Waals surface area contributed by atoms with Gasteiger partial charge >= 0.3 is 5.69 Å². The number of benzene rings is 2. The van der Waals surface area contributed by atoms with E-state index in [0.717, 1.165) is 17.7 Å². The van der Waals surface area contributed by atoms with Crippen LogP contribution in [-0.4, -0.2) is 9.55 Å². The Morgan fingerprint density at radius 1 is 1.08 bits per heavy atom. The summed E-state index contributed by atoms with van der Waals surface area (Å²) in [5.41, 5.74) is -0.557. The van der Waals surface area contributed by atoms with Crippen molar-refractivity contribution in [3.63, 3.8) is 0 Å². The normalized spacial score (nSPS) is 12.2. The van der Waals surface area contributed by atoms with Gasteiger partial charge in [0.05, 0.1) is 11.6 Å². The van der Waals surface area contributed by atoms with Crippen molar-refractivity contribution in [1.82, 2.24) is 9.55 Å². The molecule has 1 aromatic heterocycles. The van der Waals surface area contributed by atoms with Gasteiger partial charge in [0.2, 0.25) is 0 Å². The number of hydrogen-bond acceptors (Lipinski definition) is 2. The van der Waals surface area contributed by atoms with Crippen LogP contribution in [0.1, 0.15) is 18.5 Å². The summed E-state index contributed by atoms with van der Waals surface area (Å²) in [5.74, 6) is -1.62. The van der Waals surface area contributed by atoms with E-state index in [-0.39, 0.29) is 11.1 Å². The second kappa shape index (κ2) is 6.64. The Hall–Kier alpha value is -2.73. The molecule has 0 spiro atoms. The van der Waals surface area contributed by atoms with E-state index in [1.165, 1.54) is 10.8 Å². The van der Waals surface area contributed by atoms with Crippen LogP contribution in [0.5, 0.6) is 0 Å². The van der Waals surface area contributed by atoms with E-state index in [4.69, 9.17) is 11.6 Å². The van der Waals surface area contributed by atoms with Crippen molar-refractivity contribution in [1.29, 1.82) is 0 Å². The SMILES string of the molecule is CC(c1cccc(Cl)c1)n1cc(-c2cc(F)cc(F)c2)c(=O)[nH]c1=O. The fourth-order valence-corrected chi connectivity index (χ4v) is 2.81. The fraction of sp³-hybridized carbons (Fsp3) is 0.111. The number of nitrogens with one attached hydrogen (secondary N) is 1. The summed E-state index contributed by atoms with van der Waals surface area (Å²) < 4.78 is 28.2. The zero-order valence-electron chi connectivity index (χ0n) is 13.1. The molecule has 1 atom stereocenters. The average Bonchev–Trinajstić information content (AvgIpc) is 2.53. The number of aromatic amines is 1. The number of H-pyrrole nitrogens is 1. The summed E-state index contributed by atoms with van der Waals surface area (Å²) in [4.78, 5) is 26.5. The van der Waals surface area contributed by atoms with Gasteiger partial charge in [-0.05, 0) is 42.3 Å². The molecule has 1 heterocycles. The van der Waals surface area contributed by atoms with Gasteiger partial charge in [-0.15, -0.1) is 0 Å². The highest BCUT2D eigenvalue weighted by Crippen LogP contribution is 2.22. The standard InChI is InChI=1S/C18H13ClF2N2O2/c1-10(11-3-2-4-13(19)5-11)23-9-16(17(24)22-18(23)25)12-6-14(20)8-15(21)7-12/h2-10H,1H3,(H,22,24,25). The van der Waals surface area contributed by atoms with Crippen molar-refractivity contribution in [3.8, 4) is 11.1 Å². The maximum Gasteiger partial charge on any atom is 0.328 e. The molecule has 1 unspecified atom stereocenters. The Bertz CT molecular complexity index is 1040. The lowest BCUT2D eigenvalue weighted by Crippen LogP contribution is -2.32. The zero-order chi connectivity index (χ0) is 18.1. The first-order valence-electron chi connectivity index (χ1n) is 7.42.